The number of allylic oxidation sites excluding steroid dienone is 3. The fourth-order valence-corrected chi connectivity index (χ4v) is 1.90. The molecule has 102 valence electrons. The molecule has 0 amide bonds. The predicted molar refractivity (Wildman–Crippen MR) is 81.7 cm³/mol. The molecule has 2 nitrogen and oxygen atoms in total. The third kappa shape index (κ3) is 4.17. The molecule has 0 bridgehead atoms. The minimum Gasteiger partial charge on any atom is -0.337 e. The predicted octanol–water partition coefficient (Wildman–Crippen LogP) is 4.47. The molecule has 2 heteroatoms. The second-order valence-corrected chi connectivity index (χ2v) is 4.87. The Balaban J connectivity index is 5.06. The van der Waals surface area contributed by atoms with Crippen molar-refractivity contribution in [1.82, 2.24) is 4.90 Å². The summed E-state index contributed by atoms with van der Waals surface area (Å²) in [6, 6.07) is 0. The molecule has 3 unspecified atom stereocenters. The van der Waals surface area contributed by atoms with Crippen molar-refractivity contribution in [2.75, 3.05) is 7.05 Å². The summed E-state index contributed by atoms with van der Waals surface area (Å²) in [6.45, 7) is 16.2. The smallest absolute Gasteiger partial charge is 0.107 e. The van der Waals surface area contributed by atoms with Crippen LogP contribution in [0.25, 0.3) is 0 Å². The highest BCUT2D eigenvalue weighted by Crippen LogP contribution is 2.26. The topological polar surface area (TPSA) is 27.1 Å². The van der Waals surface area contributed by atoms with Crippen LogP contribution < -0.4 is 0 Å². The van der Waals surface area contributed by atoms with Crippen LogP contribution in [-0.4, -0.2) is 17.8 Å². The fourth-order valence-electron chi connectivity index (χ4n) is 1.90. The van der Waals surface area contributed by atoms with Gasteiger partial charge in [0.2, 0.25) is 0 Å². The number of nitrogens with one attached hydrogen (secondary N) is 1. The standard InChI is InChI=1S/C16H28N2/c1-8-11-15(14(6)12(4)9-2)16(17)18(7)13(5)10-3/h8-9,11-12,14-15,17H,2,5,10H2,1,3-4,6-7H3/b11-8-,17-16?. The molecule has 0 fully saturated rings. The second kappa shape index (κ2) is 7.91. The van der Waals surface area contributed by atoms with Crippen molar-refractivity contribution >= 4 is 5.84 Å². The molecule has 0 aliphatic rings. The van der Waals surface area contributed by atoms with E-state index in [9.17, 15) is 0 Å². The van der Waals surface area contributed by atoms with Crippen LogP contribution in [0.4, 0.5) is 0 Å². The third-order valence-corrected chi connectivity index (χ3v) is 3.73. The highest BCUT2D eigenvalue weighted by molar-refractivity contribution is 5.84. The Morgan fingerprint density at radius 2 is 1.94 bits per heavy atom. The third-order valence-electron chi connectivity index (χ3n) is 3.73. The molecule has 1 N–H and O–H groups in total. The molecule has 0 spiro atoms. The molecule has 0 aromatic carbocycles. The van der Waals surface area contributed by atoms with E-state index in [4.69, 9.17) is 5.41 Å². The quantitative estimate of drug-likeness (QED) is 0.402. The normalized spacial score (nSPS) is 16.1. The van der Waals surface area contributed by atoms with Crippen molar-refractivity contribution in [3.8, 4) is 0 Å². The summed E-state index contributed by atoms with van der Waals surface area (Å²) in [5.74, 6) is 1.46. The van der Waals surface area contributed by atoms with E-state index in [1.807, 2.05) is 31.0 Å². The lowest BCUT2D eigenvalue weighted by molar-refractivity contribution is 0.391. The van der Waals surface area contributed by atoms with E-state index in [1.165, 1.54) is 0 Å². The Hall–Kier alpha value is -1.31. The van der Waals surface area contributed by atoms with Gasteiger partial charge < -0.3 is 4.90 Å². The number of nitrogens with zero attached hydrogens (tertiary/aromatic N) is 1. The van der Waals surface area contributed by atoms with E-state index in [-0.39, 0.29) is 5.92 Å². The zero-order chi connectivity index (χ0) is 14.3. The minimum absolute atomic E-state index is 0.108. The van der Waals surface area contributed by atoms with Gasteiger partial charge in [0.15, 0.2) is 0 Å². The molecule has 0 aliphatic carbocycles. The molecule has 0 aliphatic heterocycles. The summed E-state index contributed by atoms with van der Waals surface area (Å²) in [5.41, 5.74) is 0.980. The van der Waals surface area contributed by atoms with Gasteiger partial charge in [-0.1, -0.05) is 45.6 Å². The first-order chi connectivity index (χ1) is 8.40. The summed E-state index contributed by atoms with van der Waals surface area (Å²) in [5, 5.41) is 8.37. The van der Waals surface area contributed by atoms with E-state index >= 15 is 0 Å². The summed E-state index contributed by atoms with van der Waals surface area (Å²) in [4.78, 5) is 1.90. The number of rotatable bonds is 7. The molecule has 18 heavy (non-hydrogen) atoms. The van der Waals surface area contributed by atoms with Crippen LogP contribution in [0, 0.1) is 23.2 Å². The van der Waals surface area contributed by atoms with Crippen LogP contribution >= 0.6 is 0 Å². The second-order valence-electron chi connectivity index (χ2n) is 4.87. The Labute approximate surface area is 113 Å². The Morgan fingerprint density at radius 3 is 2.33 bits per heavy atom. The SMILES string of the molecule is C=CC(C)C(C)C(/C=C\C)C(=N)N(C)C(=C)CC. The van der Waals surface area contributed by atoms with Crippen molar-refractivity contribution in [3.63, 3.8) is 0 Å². The average Bonchev–Trinajstić information content (AvgIpc) is 2.40. The minimum atomic E-state index is 0.108. The van der Waals surface area contributed by atoms with E-state index in [1.54, 1.807) is 0 Å². The largest absolute Gasteiger partial charge is 0.337 e. The van der Waals surface area contributed by atoms with Crippen molar-refractivity contribution in [2.24, 2.45) is 17.8 Å². The zero-order valence-electron chi connectivity index (χ0n) is 12.5. The van der Waals surface area contributed by atoms with Crippen LogP contribution in [0.15, 0.2) is 37.1 Å². The van der Waals surface area contributed by atoms with E-state index < -0.39 is 0 Å². The Bertz CT molecular complexity index is 328. The number of hydrogen-bond donors (Lipinski definition) is 1. The molecule has 3 atom stereocenters. The Morgan fingerprint density at radius 1 is 1.39 bits per heavy atom. The van der Waals surface area contributed by atoms with Gasteiger partial charge in [0.05, 0.1) is 0 Å². The van der Waals surface area contributed by atoms with Crippen LogP contribution in [0.3, 0.4) is 0 Å². The monoisotopic (exact) mass is 248 g/mol. The molecule has 0 radical (unpaired) electrons. The van der Waals surface area contributed by atoms with E-state index in [2.05, 4.69) is 40.0 Å². The fraction of sp³-hybridized carbons (Fsp3) is 0.562. The van der Waals surface area contributed by atoms with Gasteiger partial charge >= 0.3 is 0 Å². The summed E-state index contributed by atoms with van der Waals surface area (Å²) < 4.78 is 0. The summed E-state index contributed by atoms with van der Waals surface area (Å²) in [7, 11) is 1.93. The highest BCUT2D eigenvalue weighted by Gasteiger charge is 2.25. The van der Waals surface area contributed by atoms with Gasteiger partial charge in [-0.3, -0.25) is 5.41 Å². The van der Waals surface area contributed by atoms with Crippen LogP contribution in [0.5, 0.6) is 0 Å². The van der Waals surface area contributed by atoms with Gasteiger partial charge in [0.25, 0.3) is 0 Å². The maximum atomic E-state index is 8.37. The van der Waals surface area contributed by atoms with Crippen molar-refractivity contribution < 1.29 is 0 Å². The maximum Gasteiger partial charge on any atom is 0.107 e. The Kier molecular flexibility index (Phi) is 7.33. The first-order valence-corrected chi connectivity index (χ1v) is 6.65. The highest BCUT2D eigenvalue weighted by atomic mass is 15.1. The molecular formula is C16H28N2. The molecule has 0 aromatic heterocycles. The summed E-state index contributed by atoms with van der Waals surface area (Å²) in [6.07, 6.45) is 6.95. The molecule has 0 saturated heterocycles. The molecule has 0 saturated carbocycles. The lowest BCUT2D eigenvalue weighted by Gasteiger charge is -2.31. The van der Waals surface area contributed by atoms with Crippen molar-refractivity contribution in [3.05, 3.63) is 37.1 Å². The van der Waals surface area contributed by atoms with Crippen LogP contribution in [0.2, 0.25) is 0 Å². The van der Waals surface area contributed by atoms with Crippen molar-refractivity contribution in [2.45, 2.75) is 34.1 Å². The van der Waals surface area contributed by atoms with Gasteiger partial charge in [-0.15, -0.1) is 6.58 Å². The summed E-state index contributed by atoms with van der Waals surface area (Å²) >= 11 is 0. The average molecular weight is 248 g/mol. The molecule has 0 aromatic rings. The van der Waals surface area contributed by atoms with Gasteiger partial charge in [0.1, 0.15) is 5.84 Å². The first-order valence-electron chi connectivity index (χ1n) is 6.65. The molecular weight excluding hydrogens is 220 g/mol. The van der Waals surface area contributed by atoms with Gasteiger partial charge in [-0.2, -0.15) is 0 Å². The van der Waals surface area contributed by atoms with Crippen molar-refractivity contribution in [1.29, 1.82) is 5.41 Å². The van der Waals surface area contributed by atoms with Crippen LogP contribution in [0.1, 0.15) is 34.1 Å². The van der Waals surface area contributed by atoms with Gasteiger partial charge in [-0.25, -0.2) is 0 Å². The van der Waals surface area contributed by atoms with E-state index in [0.717, 1.165) is 12.1 Å². The molecule has 0 heterocycles. The maximum absolute atomic E-state index is 8.37. The lowest BCUT2D eigenvalue weighted by Crippen LogP contribution is -2.35. The zero-order valence-corrected chi connectivity index (χ0v) is 12.5. The van der Waals surface area contributed by atoms with Gasteiger partial charge in [-0.05, 0) is 25.2 Å². The van der Waals surface area contributed by atoms with Crippen LogP contribution in [-0.2, 0) is 0 Å². The molecule has 0 rings (SSSR count). The van der Waals surface area contributed by atoms with E-state index in [0.29, 0.717) is 17.7 Å². The lowest BCUT2D eigenvalue weighted by atomic mass is 9.82. The first kappa shape index (κ1) is 16.7. The number of hydrogen-bond acceptors (Lipinski definition) is 1. The number of amidine groups is 1. The van der Waals surface area contributed by atoms with Gasteiger partial charge in [0, 0.05) is 18.7 Å².